The molecule has 4 rings (SSSR count). The Balaban J connectivity index is 1.71. The lowest BCUT2D eigenvalue weighted by Gasteiger charge is -2.22. The van der Waals surface area contributed by atoms with E-state index < -0.39 is 0 Å². The number of nitriles is 2. The molecule has 0 bridgehead atoms. The van der Waals surface area contributed by atoms with Gasteiger partial charge in [-0.2, -0.15) is 10.5 Å². The third-order valence-corrected chi connectivity index (χ3v) is 4.72. The molecule has 6 heteroatoms. The lowest BCUT2D eigenvalue weighted by Crippen LogP contribution is -2.31. The number of likely N-dealkylation sites (tertiary alicyclic amines) is 1. The molecule has 0 radical (unpaired) electrons. The van der Waals surface area contributed by atoms with Crippen molar-refractivity contribution < 1.29 is 4.79 Å². The van der Waals surface area contributed by atoms with E-state index in [2.05, 4.69) is 22.1 Å². The molecule has 2 aromatic carbocycles. The summed E-state index contributed by atoms with van der Waals surface area (Å²) in [6.07, 6.45) is 2.07. The Morgan fingerprint density at radius 2 is 1.96 bits per heavy atom. The second kappa shape index (κ2) is 6.78. The summed E-state index contributed by atoms with van der Waals surface area (Å²) in [5.41, 5.74) is 3.66. The third kappa shape index (κ3) is 3.05. The number of amides is 1. The van der Waals surface area contributed by atoms with Crippen molar-refractivity contribution in [3.05, 3.63) is 77.1 Å². The van der Waals surface area contributed by atoms with E-state index in [-0.39, 0.29) is 11.9 Å². The Kier molecular flexibility index (Phi) is 4.16. The monoisotopic (exact) mass is 353 g/mol. The van der Waals surface area contributed by atoms with Crippen LogP contribution in [0.3, 0.4) is 0 Å². The van der Waals surface area contributed by atoms with Crippen LogP contribution in [-0.4, -0.2) is 27.3 Å². The van der Waals surface area contributed by atoms with Crippen LogP contribution in [0.15, 0.2) is 60.2 Å². The minimum absolute atomic E-state index is 0.147. The Morgan fingerprint density at radius 3 is 2.67 bits per heavy atom. The first-order valence-corrected chi connectivity index (χ1v) is 8.53. The number of fused-ring (bicyclic) bond motifs is 1. The van der Waals surface area contributed by atoms with E-state index in [1.54, 1.807) is 29.2 Å². The highest BCUT2D eigenvalue weighted by Crippen LogP contribution is 2.35. The average molecular weight is 353 g/mol. The molecule has 6 nitrogen and oxygen atoms in total. The first-order chi connectivity index (χ1) is 13.2. The molecule has 1 amide bonds. The van der Waals surface area contributed by atoms with Gasteiger partial charge in [-0.25, -0.2) is 4.98 Å². The maximum absolute atomic E-state index is 13.1. The normalized spacial score (nSPS) is 17.8. The van der Waals surface area contributed by atoms with Crippen molar-refractivity contribution in [3.63, 3.8) is 0 Å². The summed E-state index contributed by atoms with van der Waals surface area (Å²) < 4.78 is 0. The third-order valence-electron chi connectivity index (χ3n) is 4.72. The quantitative estimate of drug-likeness (QED) is 0.713. The number of carbonyl (C=O) groups excluding carboxylic acids is 1. The molecular weight excluding hydrogens is 338 g/mol. The molecule has 2 heterocycles. The van der Waals surface area contributed by atoms with Crippen LogP contribution in [0.5, 0.6) is 0 Å². The van der Waals surface area contributed by atoms with Crippen molar-refractivity contribution >= 4 is 16.9 Å². The number of nitrogens with zero attached hydrogens (tertiary/aromatic N) is 4. The number of para-hydroxylation sites is 2. The molecule has 0 aliphatic carbocycles. The van der Waals surface area contributed by atoms with Gasteiger partial charge < -0.3 is 9.88 Å². The van der Waals surface area contributed by atoms with Gasteiger partial charge >= 0.3 is 0 Å². The van der Waals surface area contributed by atoms with Gasteiger partial charge in [-0.05, 0) is 48.4 Å². The lowest BCUT2D eigenvalue weighted by molar-refractivity contribution is 0.0733. The molecule has 0 saturated carbocycles. The number of imidazole rings is 1. The Labute approximate surface area is 156 Å². The predicted octanol–water partition coefficient (Wildman–Crippen LogP) is 3.47. The van der Waals surface area contributed by atoms with Crippen molar-refractivity contribution in [1.29, 1.82) is 10.5 Å². The summed E-state index contributed by atoms with van der Waals surface area (Å²) in [4.78, 5) is 22.7. The summed E-state index contributed by atoms with van der Waals surface area (Å²) in [6, 6.07) is 18.1. The molecule has 27 heavy (non-hydrogen) atoms. The summed E-state index contributed by atoms with van der Waals surface area (Å²) in [6.45, 7) is 0.383. The molecule has 0 unspecified atom stereocenters. The highest BCUT2D eigenvalue weighted by molar-refractivity contribution is 5.95. The number of carbonyl (C=O) groups is 1. The van der Waals surface area contributed by atoms with E-state index >= 15 is 0 Å². The second-order valence-corrected chi connectivity index (χ2v) is 6.41. The first-order valence-electron chi connectivity index (χ1n) is 8.53. The van der Waals surface area contributed by atoms with Crippen LogP contribution < -0.4 is 0 Å². The number of benzene rings is 2. The van der Waals surface area contributed by atoms with Crippen molar-refractivity contribution in [2.45, 2.75) is 12.5 Å². The van der Waals surface area contributed by atoms with E-state index in [0.717, 1.165) is 16.6 Å². The Morgan fingerprint density at radius 1 is 1.19 bits per heavy atom. The minimum atomic E-state index is -0.264. The molecular formula is C21H15N5O. The summed E-state index contributed by atoms with van der Waals surface area (Å²) in [5.74, 6) is 0.561. The predicted molar refractivity (Wildman–Crippen MR) is 99.3 cm³/mol. The molecule has 1 aliphatic heterocycles. The highest BCUT2D eigenvalue weighted by Gasteiger charge is 2.35. The van der Waals surface area contributed by atoms with Crippen molar-refractivity contribution in [1.82, 2.24) is 14.9 Å². The first kappa shape index (κ1) is 16.6. The number of aromatic amines is 1. The van der Waals surface area contributed by atoms with Crippen LogP contribution in [0.4, 0.5) is 0 Å². The summed E-state index contributed by atoms with van der Waals surface area (Å²) >= 11 is 0. The van der Waals surface area contributed by atoms with Crippen LogP contribution in [0.2, 0.25) is 0 Å². The van der Waals surface area contributed by atoms with Crippen LogP contribution in [0, 0.1) is 22.7 Å². The SMILES string of the molecule is N#C/C=C1\C[C@@H](c2nc3ccccc3[nH]2)N(C(=O)c2ccc(C#N)cc2)C1. The van der Waals surface area contributed by atoms with Gasteiger partial charge in [0.2, 0.25) is 0 Å². The van der Waals surface area contributed by atoms with Gasteiger partial charge in [-0.15, -0.1) is 0 Å². The van der Waals surface area contributed by atoms with Gasteiger partial charge in [-0.1, -0.05) is 12.1 Å². The van der Waals surface area contributed by atoms with Crippen LogP contribution >= 0.6 is 0 Å². The number of H-pyrrole nitrogens is 1. The molecule has 1 atom stereocenters. The zero-order valence-electron chi connectivity index (χ0n) is 14.4. The number of hydrogen-bond acceptors (Lipinski definition) is 4. The lowest BCUT2D eigenvalue weighted by atomic mass is 10.1. The number of allylic oxidation sites excluding steroid dienone is 1. The smallest absolute Gasteiger partial charge is 0.254 e. The largest absolute Gasteiger partial charge is 0.340 e. The second-order valence-electron chi connectivity index (χ2n) is 6.41. The summed E-state index contributed by atoms with van der Waals surface area (Å²) in [5, 5.41) is 17.9. The number of nitrogens with one attached hydrogen (secondary N) is 1. The molecule has 130 valence electrons. The van der Waals surface area contributed by atoms with E-state index in [9.17, 15) is 4.79 Å². The van der Waals surface area contributed by atoms with Crippen LogP contribution in [0.1, 0.15) is 34.2 Å². The number of rotatable bonds is 2. The van der Waals surface area contributed by atoms with Gasteiger partial charge in [0.25, 0.3) is 5.91 Å². The van der Waals surface area contributed by atoms with Crippen molar-refractivity contribution in [2.24, 2.45) is 0 Å². The van der Waals surface area contributed by atoms with Gasteiger partial charge in [0.05, 0.1) is 34.8 Å². The van der Waals surface area contributed by atoms with Gasteiger partial charge in [0.1, 0.15) is 5.82 Å². The van der Waals surface area contributed by atoms with E-state index in [1.165, 1.54) is 6.08 Å². The van der Waals surface area contributed by atoms with Crippen LogP contribution in [0.25, 0.3) is 11.0 Å². The standard InChI is InChI=1S/C21H15N5O/c22-10-9-15-11-19(20-24-17-3-1-2-4-18(17)25-20)26(13-15)21(27)16-7-5-14(12-23)6-8-16/h1-9,19H,11,13H2,(H,24,25)/b15-9+/t19-/m0/s1. The fraction of sp³-hybridized carbons (Fsp3) is 0.143. The van der Waals surface area contributed by atoms with E-state index in [0.29, 0.717) is 29.9 Å². The zero-order chi connectivity index (χ0) is 18.8. The molecule has 0 spiro atoms. The van der Waals surface area contributed by atoms with Gasteiger partial charge in [0.15, 0.2) is 0 Å². The molecule has 1 fully saturated rings. The topological polar surface area (TPSA) is 96.6 Å². The summed E-state index contributed by atoms with van der Waals surface area (Å²) in [7, 11) is 0. The number of aromatic nitrogens is 2. The molecule has 3 aromatic rings. The van der Waals surface area contributed by atoms with Gasteiger partial charge in [-0.3, -0.25) is 4.79 Å². The maximum atomic E-state index is 13.1. The van der Waals surface area contributed by atoms with Crippen molar-refractivity contribution in [2.75, 3.05) is 6.54 Å². The zero-order valence-corrected chi connectivity index (χ0v) is 14.4. The molecule has 1 N–H and O–H groups in total. The fourth-order valence-electron chi connectivity index (χ4n) is 3.39. The van der Waals surface area contributed by atoms with E-state index in [4.69, 9.17) is 10.5 Å². The number of hydrogen-bond donors (Lipinski definition) is 1. The Bertz CT molecular complexity index is 1090. The van der Waals surface area contributed by atoms with E-state index in [1.807, 2.05) is 24.3 Å². The highest BCUT2D eigenvalue weighted by atomic mass is 16.2. The molecule has 1 saturated heterocycles. The van der Waals surface area contributed by atoms with Gasteiger partial charge in [0, 0.05) is 18.2 Å². The fourth-order valence-corrected chi connectivity index (χ4v) is 3.39. The average Bonchev–Trinajstić information content (AvgIpc) is 3.31. The maximum Gasteiger partial charge on any atom is 0.254 e. The van der Waals surface area contributed by atoms with Crippen LogP contribution in [-0.2, 0) is 0 Å². The Hall–Kier alpha value is -3.90. The molecule has 1 aliphatic rings. The van der Waals surface area contributed by atoms with Crippen molar-refractivity contribution in [3.8, 4) is 12.1 Å². The minimum Gasteiger partial charge on any atom is -0.340 e. The molecule has 1 aromatic heterocycles.